The zero-order valence-electron chi connectivity index (χ0n) is 8.39. The number of nitrogens with zero attached hydrogens (tertiary/aromatic N) is 1. The summed E-state index contributed by atoms with van der Waals surface area (Å²) in [6.07, 6.45) is 4.33. The maximum Gasteiger partial charge on any atom is 0.294 e. The van der Waals surface area contributed by atoms with E-state index in [1.807, 2.05) is 6.08 Å². The van der Waals surface area contributed by atoms with Crippen LogP contribution in [0.15, 0.2) is 18.2 Å². The second kappa shape index (κ2) is 5.77. The Bertz CT molecular complexity index is 435. The molecule has 2 N–H and O–H groups in total. The Hall–Kier alpha value is -1.20. The van der Waals surface area contributed by atoms with E-state index in [0.29, 0.717) is 16.3 Å². The van der Waals surface area contributed by atoms with Crippen LogP contribution in [0.2, 0.25) is 5.02 Å². The van der Waals surface area contributed by atoms with E-state index in [9.17, 15) is 10.1 Å². The van der Waals surface area contributed by atoms with Gasteiger partial charge in [0.2, 0.25) is 0 Å². The zero-order chi connectivity index (χ0) is 12.1. The molecule has 0 aliphatic rings. The van der Waals surface area contributed by atoms with Gasteiger partial charge in [0.25, 0.3) is 5.69 Å². The molecule has 0 unspecified atom stereocenters. The SMILES string of the molecule is Nc1c(C=CCCS)cc(Cl)cc1[N+](=O)[O-]. The number of nitrogens with two attached hydrogens (primary N) is 1. The number of nitrogen functional groups attached to an aromatic ring is 1. The molecule has 0 atom stereocenters. The molecule has 1 aromatic rings. The molecule has 0 aliphatic carbocycles. The third kappa shape index (κ3) is 3.15. The van der Waals surface area contributed by atoms with E-state index in [1.54, 1.807) is 12.1 Å². The standard InChI is InChI=1S/C10H11ClN2O2S/c11-8-5-7(3-1-2-4-16)10(12)9(6-8)13(14)15/h1,3,5-6,16H,2,4,12H2. The van der Waals surface area contributed by atoms with Gasteiger partial charge in [-0.1, -0.05) is 23.8 Å². The first-order valence-corrected chi connectivity index (χ1v) is 5.58. The number of nitro groups is 1. The highest BCUT2D eigenvalue weighted by Gasteiger charge is 2.14. The molecule has 0 heterocycles. The molecule has 4 nitrogen and oxygen atoms in total. The molecule has 0 aromatic heterocycles. The predicted octanol–water partition coefficient (Wildman–Crippen LogP) is 3.16. The lowest BCUT2D eigenvalue weighted by Crippen LogP contribution is -1.98. The fourth-order valence-corrected chi connectivity index (χ4v) is 1.57. The number of hydrogen-bond donors (Lipinski definition) is 2. The second-order valence-corrected chi connectivity index (χ2v) is 3.98. The van der Waals surface area contributed by atoms with E-state index < -0.39 is 4.92 Å². The molecule has 0 saturated heterocycles. The van der Waals surface area contributed by atoms with E-state index in [-0.39, 0.29) is 11.4 Å². The molecular formula is C10H11ClN2O2S. The fourth-order valence-electron chi connectivity index (χ4n) is 1.20. The summed E-state index contributed by atoms with van der Waals surface area (Å²) >= 11 is 9.82. The Morgan fingerprint density at radius 2 is 2.25 bits per heavy atom. The van der Waals surface area contributed by atoms with Gasteiger partial charge >= 0.3 is 0 Å². The molecular weight excluding hydrogens is 248 g/mol. The van der Waals surface area contributed by atoms with Gasteiger partial charge in [-0.2, -0.15) is 12.6 Å². The quantitative estimate of drug-likeness (QED) is 0.377. The summed E-state index contributed by atoms with van der Waals surface area (Å²) in [7, 11) is 0. The summed E-state index contributed by atoms with van der Waals surface area (Å²) in [4.78, 5) is 10.1. The minimum atomic E-state index is -0.544. The Kier molecular flexibility index (Phi) is 4.64. The molecule has 86 valence electrons. The number of thiol groups is 1. The maximum atomic E-state index is 10.7. The van der Waals surface area contributed by atoms with Gasteiger partial charge in [-0.25, -0.2) is 0 Å². The fraction of sp³-hybridized carbons (Fsp3) is 0.200. The van der Waals surface area contributed by atoms with Crippen molar-refractivity contribution in [3.63, 3.8) is 0 Å². The number of halogens is 1. The number of benzene rings is 1. The van der Waals surface area contributed by atoms with Crippen molar-refractivity contribution in [2.45, 2.75) is 6.42 Å². The summed E-state index contributed by atoms with van der Waals surface area (Å²) in [5.74, 6) is 0.707. The van der Waals surface area contributed by atoms with Gasteiger partial charge in [0.05, 0.1) is 4.92 Å². The Labute approximate surface area is 104 Å². The molecule has 0 spiro atoms. The average molecular weight is 259 g/mol. The van der Waals surface area contributed by atoms with Crippen LogP contribution in [0.3, 0.4) is 0 Å². The number of hydrogen-bond acceptors (Lipinski definition) is 4. The first-order chi connectivity index (χ1) is 7.56. The highest BCUT2D eigenvalue weighted by atomic mass is 35.5. The Morgan fingerprint density at radius 3 is 2.81 bits per heavy atom. The summed E-state index contributed by atoms with van der Waals surface area (Å²) in [6.45, 7) is 0. The topological polar surface area (TPSA) is 69.2 Å². The summed E-state index contributed by atoms with van der Waals surface area (Å²) < 4.78 is 0. The molecule has 0 fully saturated rings. The van der Waals surface area contributed by atoms with E-state index in [0.717, 1.165) is 6.42 Å². The average Bonchev–Trinajstić information content (AvgIpc) is 2.22. The van der Waals surface area contributed by atoms with E-state index >= 15 is 0 Å². The Morgan fingerprint density at radius 1 is 1.56 bits per heavy atom. The first-order valence-electron chi connectivity index (χ1n) is 4.57. The van der Waals surface area contributed by atoms with E-state index in [1.165, 1.54) is 6.07 Å². The maximum absolute atomic E-state index is 10.7. The van der Waals surface area contributed by atoms with E-state index in [4.69, 9.17) is 17.3 Å². The molecule has 0 aliphatic heterocycles. The first kappa shape index (κ1) is 12.9. The summed E-state index contributed by atoms with van der Waals surface area (Å²) in [5.41, 5.74) is 6.18. The van der Waals surface area contributed by atoms with Crippen molar-refractivity contribution in [3.8, 4) is 0 Å². The summed E-state index contributed by atoms with van der Waals surface area (Å²) in [5, 5.41) is 11.0. The number of nitro benzene ring substituents is 1. The van der Waals surface area contributed by atoms with Crippen LogP contribution in [-0.2, 0) is 0 Å². The monoisotopic (exact) mass is 258 g/mol. The highest BCUT2D eigenvalue weighted by molar-refractivity contribution is 7.80. The van der Waals surface area contributed by atoms with Crippen molar-refractivity contribution >= 4 is 41.7 Å². The van der Waals surface area contributed by atoms with Crippen LogP contribution in [-0.4, -0.2) is 10.7 Å². The number of allylic oxidation sites excluding steroid dienone is 1. The zero-order valence-corrected chi connectivity index (χ0v) is 10.0. The number of anilines is 1. The largest absolute Gasteiger partial charge is 0.393 e. The molecule has 0 bridgehead atoms. The normalized spacial score (nSPS) is 10.9. The third-order valence-corrected chi connectivity index (χ3v) is 2.42. The third-order valence-electron chi connectivity index (χ3n) is 1.94. The Balaban J connectivity index is 3.14. The number of rotatable bonds is 4. The van der Waals surface area contributed by atoms with Gasteiger partial charge in [0.1, 0.15) is 5.69 Å². The minimum Gasteiger partial charge on any atom is -0.393 e. The van der Waals surface area contributed by atoms with Crippen LogP contribution >= 0.6 is 24.2 Å². The molecule has 1 rings (SSSR count). The molecule has 6 heteroatoms. The van der Waals surface area contributed by atoms with Gasteiger partial charge < -0.3 is 5.73 Å². The van der Waals surface area contributed by atoms with Crippen LogP contribution in [0.25, 0.3) is 6.08 Å². The lowest BCUT2D eigenvalue weighted by molar-refractivity contribution is -0.383. The predicted molar refractivity (Wildman–Crippen MR) is 70.0 cm³/mol. The van der Waals surface area contributed by atoms with Gasteiger partial charge in [-0.3, -0.25) is 10.1 Å². The van der Waals surface area contributed by atoms with Crippen molar-refractivity contribution in [1.82, 2.24) is 0 Å². The van der Waals surface area contributed by atoms with Gasteiger partial charge in [0, 0.05) is 16.7 Å². The minimum absolute atomic E-state index is 0.129. The van der Waals surface area contributed by atoms with Gasteiger partial charge in [-0.15, -0.1) is 0 Å². The van der Waals surface area contributed by atoms with Gasteiger partial charge in [-0.05, 0) is 18.2 Å². The smallest absolute Gasteiger partial charge is 0.294 e. The van der Waals surface area contributed by atoms with Crippen LogP contribution < -0.4 is 5.73 Å². The van der Waals surface area contributed by atoms with Gasteiger partial charge in [0.15, 0.2) is 0 Å². The molecule has 16 heavy (non-hydrogen) atoms. The lowest BCUT2D eigenvalue weighted by Gasteiger charge is -2.02. The van der Waals surface area contributed by atoms with Crippen molar-refractivity contribution in [3.05, 3.63) is 38.9 Å². The van der Waals surface area contributed by atoms with Crippen molar-refractivity contribution in [1.29, 1.82) is 0 Å². The van der Waals surface area contributed by atoms with Crippen LogP contribution in [0.1, 0.15) is 12.0 Å². The van der Waals surface area contributed by atoms with Crippen molar-refractivity contribution in [2.75, 3.05) is 11.5 Å². The van der Waals surface area contributed by atoms with Crippen LogP contribution in [0.5, 0.6) is 0 Å². The van der Waals surface area contributed by atoms with Crippen LogP contribution in [0, 0.1) is 10.1 Å². The lowest BCUT2D eigenvalue weighted by atomic mass is 10.1. The van der Waals surface area contributed by atoms with Crippen LogP contribution in [0.4, 0.5) is 11.4 Å². The molecule has 1 aromatic carbocycles. The molecule has 0 radical (unpaired) electrons. The highest BCUT2D eigenvalue weighted by Crippen LogP contribution is 2.30. The molecule has 0 saturated carbocycles. The van der Waals surface area contributed by atoms with Crippen molar-refractivity contribution in [2.24, 2.45) is 0 Å². The molecule has 0 amide bonds. The second-order valence-electron chi connectivity index (χ2n) is 3.10. The van der Waals surface area contributed by atoms with Crippen molar-refractivity contribution < 1.29 is 4.92 Å². The van der Waals surface area contributed by atoms with E-state index in [2.05, 4.69) is 12.6 Å². The summed E-state index contributed by atoms with van der Waals surface area (Å²) in [6, 6.07) is 2.84.